The Morgan fingerprint density at radius 3 is 2.78 bits per heavy atom. The molecule has 2 aliphatic rings. The van der Waals surface area contributed by atoms with Crippen molar-refractivity contribution in [2.75, 3.05) is 5.32 Å². The molecule has 0 unspecified atom stereocenters. The third kappa shape index (κ3) is 4.35. The number of aliphatic hydroxyl groups is 1. The maximum absolute atomic E-state index is 12.8. The molecule has 1 amide bonds. The van der Waals surface area contributed by atoms with E-state index in [0.717, 1.165) is 53.0 Å². The standard InChI is InChI=1S/C27H29ClN2O2/c28-20-10-13-26-19(15-20)16-22(30(26)21-6-2-1-3-7-21)11-14-27(32)29-25-8-4-5-18-9-12-23(31)17-24(18)25/h4-5,8,10-11,13-16,21,23,31H,1-3,6-7,9,12,17H2,(H,29,32)/b14-11+/t23-/m1/s1. The van der Waals surface area contributed by atoms with E-state index >= 15 is 0 Å². The lowest BCUT2D eigenvalue weighted by molar-refractivity contribution is -0.111. The number of aromatic nitrogens is 1. The fourth-order valence-electron chi connectivity index (χ4n) is 5.33. The molecule has 0 saturated heterocycles. The number of hydrogen-bond acceptors (Lipinski definition) is 2. The van der Waals surface area contributed by atoms with Crippen LogP contribution >= 0.6 is 11.6 Å². The predicted molar refractivity (Wildman–Crippen MR) is 131 cm³/mol. The molecule has 0 radical (unpaired) electrons. The minimum absolute atomic E-state index is 0.156. The summed E-state index contributed by atoms with van der Waals surface area (Å²) in [7, 11) is 0. The van der Waals surface area contributed by atoms with E-state index in [1.54, 1.807) is 6.08 Å². The first-order valence-electron chi connectivity index (χ1n) is 11.7. The summed E-state index contributed by atoms with van der Waals surface area (Å²) in [6, 6.07) is 14.6. The van der Waals surface area contributed by atoms with Crippen LogP contribution in [0.4, 0.5) is 5.69 Å². The van der Waals surface area contributed by atoms with E-state index in [-0.39, 0.29) is 12.0 Å². The van der Waals surface area contributed by atoms with Gasteiger partial charge < -0.3 is 15.0 Å². The van der Waals surface area contributed by atoms with Gasteiger partial charge in [-0.3, -0.25) is 4.79 Å². The number of fused-ring (bicyclic) bond motifs is 2. The van der Waals surface area contributed by atoms with Crippen LogP contribution in [-0.4, -0.2) is 21.7 Å². The van der Waals surface area contributed by atoms with Crippen molar-refractivity contribution in [3.63, 3.8) is 0 Å². The van der Waals surface area contributed by atoms with Gasteiger partial charge in [0.05, 0.1) is 6.10 Å². The van der Waals surface area contributed by atoms with Crippen LogP contribution in [0.2, 0.25) is 5.02 Å². The van der Waals surface area contributed by atoms with Gasteiger partial charge in [0.1, 0.15) is 0 Å². The highest BCUT2D eigenvalue weighted by Crippen LogP contribution is 2.35. The largest absolute Gasteiger partial charge is 0.393 e. The van der Waals surface area contributed by atoms with Gasteiger partial charge in [-0.05, 0) is 73.2 Å². The Bertz CT molecular complexity index is 1170. The average Bonchev–Trinajstić information content (AvgIpc) is 3.16. The third-order valence-electron chi connectivity index (χ3n) is 6.89. The zero-order valence-corrected chi connectivity index (χ0v) is 18.9. The molecular formula is C27H29ClN2O2. The summed E-state index contributed by atoms with van der Waals surface area (Å²) >= 11 is 6.24. The summed E-state index contributed by atoms with van der Waals surface area (Å²) < 4.78 is 2.38. The van der Waals surface area contributed by atoms with Gasteiger partial charge in [0.25, 0.3) is 0 Å². The van der Waals surface area contributed by atoms with Crippen LogP contribution in [0.5, 0.6) is 0 Å². The van der Waals surface area contributed by atoms with Crippen molar-refractivity contribution in [3.05, 3.63) is 70.4 Å². The monoisotopic (exact) mass is 448 g/mol. The van der Waals surface area contributed by atoms with E-state index in [4.69, 9.17) is 11.6 Å². The summed E-state index contributed by atoms with van der Waals surface area (Å²) in [5.74, 6) is -0.156. The highest BCUT2D eigenvalue weighted by molar-refractivity contribution is 6.31. The molecule has 5 heteroatoms. The summed E-state index contributed by atoms with van der Waals surface area (Å²) in [5, 5.41) is 14.9. The molecule has 1 saturated carbocycles. The summed E-state index contributed by atoms with van der Waals surface area (Å²) in [5.41, 5.74) is 5.28. The Morgan fingerprint density at radius 1 is 1.09 bits per heavy atom. The van der Waals surface area contributed by atoms with Crippen molar-refractivity contribution in [1.82, 2.24) is 4.57 Å². The topological polar surface area (TPSA) is 54.3 Å². The van der Waals surface area contributed by atoms with Gasteiger partial charge in [-0.1, -0.05) is 43.0 Å². The number of anilines is 1. The Balaban J connectivity index is 1.42. The fraction of sp³-hybridized carbons (Fsp3) is 0.370. The van der Waals surface area contributed by atoms with E-state index in [0.29, 0.717) is 12.5 Å². The molecule has 1 heterocycles. The van der Waals surface area contributed by atoms with E-state index in [9.17, 15) is 9.90 Å². The maximum atomic E-state index is 12.8. The number of nitrogens with zero attached hydrogens (tertiary/aromatic N) is 1. The van der Waals surface area contributed by atoms with Crippen LogP contribution in [0.1, 0.15) is 61.4 Å². The van der Waals surface area contributed by atoms with E-state index < -0.39 is 0 Å². The van der Waals surface area contributed by atoms with Gasteiger partial charge in [0.2, 0.25) is 5.91 Å². The van der Waals surface area contributed by atoms with Gasteiger partial charge >= 0.3 is 0 Å². The highest BCUT2D eigenvalue weighted by Gasteiger charge is 2.21. The molecule has 2 aliphatic carbocycles. The number of aryl methyl sites for hydroxylation is 1. The molecule has 166 valence electrons. The third-order valence-corrected chi connectivity index (χ3v) is 7.13. The number of halogens is 1. The maximum Gasteiger partial charge on any atom is 0.248 e. The first-order valence-corrected chi connectivity index (χ1v) is 12.0. The van der Waals surface area contributed by atoms with Crippen molar-refractivity contribution < 1.29 is 9.90 Å². The molecule has 3 aromatic rings. The Morgan fingerprint density at radius 2 is 1.94 bits per heavy atom. The zero-order valence-electron chi connectivity index (χ0n) is 18.2. The van der Waals surface area contributed by atoms with Crippen molar-refractivity contribution >= 4 is 40.2 Å². The van der Waals surface area contributed by atoms with E-state index in [2.05, 4.69) is 28.1 Å². The number of amides is 1. The number of hydrogen-bond donors (Lipinski definition) is 2. The Labute approximate surface area is 193 Å². The number of rotatable bonds is 4. The van der Waals surface area contributed by atoms with Crippen LogP contribution in [0, 0.1) is 0 Å². The van der Waals surface area contributed by atoms with Crippen LogP contribution in [0.3, 0.4) is 0 Å². The Hall–Kier alpha value is -2.56. The Kier molecular flexibility index (Phi) is 6.07. The zero-order chi connectivity index (χ0) is 22.1. The van der Waals surface area contributed by atoms with Crippen LogP contribution in [-0.2, 0) is 17.6 Å². The van der Waals surface area contributed by atoms with Gasteiger partial charge in [0.15, 0.2) is 0 Å². The quantitative estimate of drug-likeness (QED) is 0.460. The second-order valence-corrected chi connectivity index (χ2v) is 9.53. The first kappa shape index (κ1) is 21.3. The molecule has 1 atom stereocenters. The summed E-state index contributed by atoms with van der Waals surface area (Å²) in [4.78, 5) is 12.8. The summed E-state index contributed by atoms with van der Waals surface area (Å²) in [6.07, 6.45) is 11.5. The molecule has 0 aliphatic heterocycles. The molecule has 5 rings (SSSR count). The van der Waals surface area contributed by atoms with Crippen molar-refractivity contribution in [2.24, 2.45) is 0 Å². The van der Waals surface area contributed by atoms with E-state index in [1.807, 2.05) is 30.3 Å². The second kappa shape index (κ2) is 9.13. The number of aliphatic hydroxyl groups excluding tert-OH is 1. The van der Waals surface area contributed by atoms with Gasteiger partial charge in [0, 0.05) is 45.8 Å². The molecule has 1 aromatic heterocycles. The lowest BCUT2D eigenvalue weighted by Crippen LogP contribution is -2.21. The molecule has 0 bridgehead atoms. The van der Waals surface area contributed by atoms with Gasteiger partial charge in [-0.2, -0.15) is 0 Å². The molecule has 2 aromatic carbocycles. The molecule has 4 nitrogen and oxygen atoms in total. The normalized spacial score (nSPS) is 19.4. The SMILES string of the molecule is O=C(/C=C/c1cc2cc(Cl)ccc2n1C1CCCCC1)Nc1cccc2c1C[C@H](O)CC2. The molecule has 0 spiro atoms. The lowest BCUT2D eigenvalue weighted by atomic mass is 9.88. The number of carbonyl (C=O) groups excluding carboxylic acids is 1. The van der Waals surface area contributed by atoms with Crippen molar-refractivity contribution in [2.45, 2.75) is 63.5 Å². The fourth-order valence-corrected chi connectivity index (χ4v) is 5.51. The van der Waals surface area contributed by atoms with Crippen molar-refractivity contribution in [1.29, 1.82) is 0 Å². The number of carbonyl (C=O) groups is 1. The minimum Gasteiger partial charge on any atom is -0.393 e. The minimum atomic E-state index is -0.339. The predicted octanol–water partition coefficient (Wildman–Crippen LogP) is 6.30. The van der Waals surface area contributed by atoms with Gasteiger partial charge in [-0.25, -0.2) is 0 Å². The molecule has 32 heavy (non-hydrogen) atoms. The molecule has 2 N–H and O–H groups in total. The van der Waals surface area contributed by atoms with Gasteiger partial charge in [-0.15, -0.1) is 0 Å². The molecule has 1 fully saturated rings. The smallest absolute Gasteiger partial charge is 0.248 e. The average molecular weight is 449 g/mol. The van der Waals surface area contributed by atoms with Crippen LogP contribution in [0.25, 0.3) is 17.0 Å². The first-order chi connectivity index (χ1) is 15.6. The summed E-state index contributed by atoms with van der Waals surface area (Å²) in [6.45, 7) is 0. The number of benzene rings is 2. The highest BCUT2D eigenvalue weighted by atomic mass is 35.5. The number of nitrogens with one attached hydrogen (secondary N) is 1. The van der Waals surface area contributed by atoms with Crippen LogP contribution in [0.15, 0.2) is 48.5 Å². The second-order valence-electron chi connectivity index (χ2n) is 9.10. The van der Waals surface area contributed by atoms with Crippen molar-refractivity contribution in [3.8, 4) is 0 Å². The van der Waals surface area contributed by atoms with E-state index in [1.165, 1.54) is 30.3 Å². The lowest BCUT2D eigenvalue weighted by Gasteiger charge is -2.26. The molecular weight excluding hydrogens is 420 g/mol. The van der Waals surface area contributed by atoms with Crippen LogP contribution < -0.4 is 5.32 Å².